The molecular formula is C16H12F6N4O2. The molecule has 2 heterocycles. The van der Waals surface area contributed by atoms with Gasteiger partial charge in [0.25, 0.3) is 12.4 Å². The summed E-state index contributed by atoms with van der Waals surface area (Å²) in [6, 6.07) is 0.519. The van der Waals surface area contributed by atoms with Crippen molar-refractivity contribution in [3.05, 3.63) is 45.8 Å². The maximum Gasteiger partial charge on any atom is 0.352 e. The molecule has 0 aliphatic rings. The summed E-state index contributed by atoms with van der Waals surface area (Å²) < 4.78 is 85.3. The lowest BCUT2D eigenvalue weighted by Crippen LogP contribution is -2.21. The molecule has 0 aliphatic heterocycles. The normalized spacial score (nSPS) is 12.2. The third-order valence-electron chi connectivity index (χ3n) is 3.66. The molecular weight excluding hydrogens is 394 g/mol. The molecule has 3 rings (SSSR count). The number of nitrogens with one attached hydrogen (secondary N) is 1. The Morgan fingerprint density at radius 1 is 1.21 bits per heavy atom. The zero-order chi connectivity index (χ0) is 20.8. The first-order chi connectivity index (χ1) is 13.0. The molecule has 12 heteroatoms. The van der Waals surface area contributed by atoms with E-state index in [1.165, 1.54) is 0 Å². The number of hydrogen-bond donors (Lipinski definition) is 1. The number of ether oxygens (including phenoxy) is 1. The Hall–Kier alpha value is -3.05. The monoisotopic (exact) mass is 406 g/mol. The molecule has 0 aliphatic carbocycles. The summed E-state index contributed by atoms with van der Waals surface area (Å²) in [5.41, 5.74) is -4.75. The predicted octanol–water partition coefficient (Wildman–Crippen LogP) is 3.35. The minimum absolute atomic E-state index is 0.321. The van der Waals surface area contributed by atoms with Crippen molar-refractivity contribution < 1.29 is 31.1 Å². The maximum absolute atomic E-state index is 14.7. The van der Waals surface area contributed by atoms with Crippen LogP contribution in [0.4, 0.5) is 26.3 Å². The minimum atomic E-state index is -2.87. The van der Waals surface area contributed by atoms with Crippen LogP contribution in [-0.2, 0) is 5.67 Å². The van der Waals surface area contributed by atoms with Crippen LogP contribution < -0.4 is 10.4 Å². The zero-order valence-corrected chi connectivity index (χ0v) is 14.4. The van der Waals surface area contributed by atoms with Gasteiger partial charge in [-0.2, -0.15) is 14.6 Å². The predicted molar refractivity (Wildman–Crippen MR) is 84.6 cm³/mol. The first kappa shape index (κ1) is 19.7. The van der Waals surface area contributed by atoms with E-state index in [1.54, 1.807) is 0 Å². The number of aromatic amines is 1. The van der Waals surface area contributed by atoms with E-state index in [2.05, 4.69) is 14.8 Å². The molecule has 6 nitrogen and oxygen atoms in total. The highest BCUT2D eigenvalue weighted by atomic mass is 19.3. The second-order valence-electron chi connectivity index (χ2n) is 6.23. The average molecular weight is 406 g/mol. The van der Waals surface area contributed by atoms with Crippen LogP contribution in [0, 0.1) is 17.5 Å². The molecule has 0 spiro atoms. The highest BCUT2D eigenvalue weighted by Crippen LogP contribution is 2.36. The molecule has 3 aromatic rings. The zero-order valence-electron chi connectivity index (χ0n) is 14.4. The van der Waals surface area contributed by atoms with Crippen LogP contribution in [0.3, 0.4) is 0 Å². The standard InChI is InChI=1S/C16H12F6N4O2/c1-16(2,22)12-10(6-3-7(17)11(21)8(18)4-6)13-23-14(28-5-9(19)20)24-15(27)26(13)25-12/h3-4,9H,5H2,1-2H3,(H,23,24,27). The quantitative estimate of drug-likeness (QED) is 0.521. The lowest BCUT2D eigenvalue weighted by Gasteiger charge is -2.13. The van der Waals surface area contributed by atoms with E-state index in [1.807, 2.05) is 4.98 Å². The van der Waals surface area contributed by atoms with Gasteiger partial charge in [-0.3, -0.25) is 4.98 Å². The molecule has 0 fully saturated rings. The second-order valence-corrected chi connectivity index (χ2v) is 6.23. The number of benzene rings is 1. The van der Waals surface area contributed by atoms with E-state index in [9.17, 15) is 31.1 Å². The Balaban J connectivity index is 2.33. The van der Waals surface area contributed by atoms with Crippen molar-refractivity contribution in [3.8, 4) is 17.1 Å². The molecule has 0 radical (unpaired) electrons. The number of nitrogens with zero attached hydrogens (tertiary/aromatic N) is 3. The highest BCUT2D eigenvalue weighted by Gasteiger charge is 2.31. The van der Waals surface area contributed by atoms with E-state index in [0.29, 0.717) is 16.6 Å². The van der Waals surface area contributed by atoms with Gasteiger partial charge < -0.3 is 4.74 Å². The lowest BCUT2D eigenvalue weighted by molar-refractivity contribution is 0.0768. The molecule has 28 heavy (non-hydrogen) atoms. The summed E-state index contributed by atoms with van der Waals surface area (Å²) in [4.78, 5) is 18.0. The molecule has 2 aromatic heterocycles. The number of hydrogen-bond acceptors (Lipinski definition) is 4. The van der Waals surface area contributed by atoms with Gasteiger partial charge in [0, 0.05) is 0 Å². The topological polar surface area (TPSA) is 72.3 Å². The van der Waals surface area contributed by atoms with Crippen LogP contribution >= 0.6 is 0 Å². The van der Waals surface area contributed by atoms with Gasteiger partial charge in [-0.15, -0.1) is 0 Å². The van der Waals surface area contributed by atoms with Crippen molar-refractivity contribution in [1.82, 2.24) is 19.6 Å². The summed E-state index contributed by atoms with van der Waals surface area (Å²) in [5.74, 6) is -4.86. The molecule has 0 amide bonds. The minimum Gasteiger partial charge on any atom is -0.459 e. The molecule has 0 unspecified atom stereocenters. The van der Waals surface area contributed by atoms with Gasteiger partial charge in [0.1, 0.15) is 11.4 Å². The SMILES string of the molecule is CC(C)(F)c1nn2c(=O)[nH]c(OCC(F)F)nc2c1-c1cc(F)c(F)c(F)c1. The molecule has 0 atom stereocenters. The fourth-order valence-corrected chi connectivity index (χ4v) is 2.51. The van der Waals surface area contributed by atoms with Crippen LogP contribution in [0.2, 0.25) is 0 Å². The molecule has 0 saturated heterocycles. The van der Waals surface area contributed by atoms with Crippen LogP contribution in [0.5, 0.6) is 6.01 Å². The van der Waals surface area contributed by atoms with Crippen molar-refractivity contribution in [1.29, 1.82) is 0 Å². The second kappa shape index (κ2) is 6.84. The van der Waals surface area contributed by atoms with Crippen molar-refractivity contribution >= 4 is 5.65 Å². The molecule has 0 saturated carbocycles. The van der Waals surface area contributed by atoms with Crippen LogP contribution in [0.25, 0.3) is 16.8 Å². The largest absolute Gasteiger partial charge is 0.459 e. The van der Waals surface area contributed by atoms with Gasteiger partial charge in [0.05, 0.1) is 5.56 Å². The first-order valence-electron chi connectivity index (χ1n) is 7.77. The Morgan fingerprint density at radius 3 is 2.36 bits per heavy atom. The fraction of sp³-hybridized carbons (Fsp3) is 0.312. The van der Waals surface area contributed by atoms with Crippen LogP contribution in [0.15, 0.2) is 16.9 Å². The van der Waals surface area contributed by atoms with Gasteiger partial charge in [0.15, 0.2) is 29.7 Å². The molecule has 1 aromatic carbocycles. The number of aromatic nitrogens is 4. The molecule has 1 N–H and O–H groups in total. The number of fused-ring (bicyclic) bond motifs is 1. The maximum atomic E-state index is 14.7. The number of rotatable bonds is 5. The summed E-state index contributed by atoms with van der Waals surface area (Å²) in [5, 5.41) is 3.77. The van der Waals surface area contributed by atoms with Crippen molar-refractivity contribution in [3.63, 3.8) is 0 Å². The Morgan fingerprint density at radius 2 is 1.82 bits per heavy atom. The van der Waals surface area contributed by atoms with Crippen LogP contribution in [0.1, 0.15) is 19.5 Å². The lowest BCUT2D eigenvalue weighted by atomic mass is 9.97. The van der Waals surface area contributed by atoms with Crippen molar-refractivity contribution in [2.45, 2.75) is 25.9 Å². The van der Waals surface area contributed by atoms with Gasteiger partial charge in [0.2, 0.25) is 0 Å². The van der Waals surface area contributed by atoms with Crippen LogP contribution in [-0.4, -0.2) is 32.6 Å². The number of halogens is 6. The van der Waals surface area contributed by atoms with Gasteiger partial charge in [-0.05, 0) is 31.5 Å². The fourth-order valence-electron chi connectivity index (χ4n) is 2.51. The van der Waals surface area contributed by atoms with E-state index in [-0.39, 0.29) is 11.1 Å². The van der Waals surface area contributed by atoms with E-state index in [4.69, 9.17) is 0 Å². The summed E-state index contributed by atoms with van der Waals surface area (Å²) in [7, 11) is 0. The average Bonchev–Trinajstić information content (AvgIpc) is 2.98. The Kier molecular flexibility index (Phi) is 4.81. The van der Waals surface area contributed by atoms with E-state index < -0.39 is 59.2 Å². The first-order valence-corrected chi connectivity index (χ1v) is 7.77. The van der Waals surface area contributed by atoms with Crippen molar-refractivity contribution in [2.24, 2.45) is 0 Å². The number of H-pyrrole nitrogens is 1. The highest BCUT2D eigenvalue weighted by molar-refractivity contribution is 5.80. The smallest absolute Gasteiger partial charge is 0.352 e. The van der Waals surface area contributed by atoms with E-state index in [0.717, 1.165) is 13.8 Å². The summed E-state index contributed by atoms with van der Waals surface area (Å²) >= 11 is 0. The summed E-state index contributed by atoms with van der Waals surface area (Å²) in [6.07, 6.45) is -2.87. The van der Waals surface area contributed by atoms with Gasteiger partial charge >= 0.3 is 5.69 Å². The molecule has 0 bridgehead atoms. The summed E-state index contributed by atoms with van der Waals surface area (Å²) in [6.45, 7) is 1.04. The van der Waals surface area contributed by atoms with Gasteiger partial charge in [-0.25, -0.2) is 31.1 Å². The number of alkyl halides is 3. The third-order valence-corrected chi connectivity index (χ3v) is 3.66. The Bertz CT molecular complexity index is 1080. The van der Waals surface area contributed by atoms with E-state index >= 15 is 0 Å². The Labute approximate surface area is 152 Å². The van der Waals surface area contributed by atoms with Crippen molar-refractivity contribution in [2.75, 3.05) is 6.61 Å². The van der Waals surface area contributed by atoms with Gasteiger partial charge in [-0.1, -0.05) is 0 Å². The third kappa shape index (κ3) is 3.53. The molecule has 150 valence electrons.